The quantitative estimate of drug-likeness (QED) is 0.625. The van der Waals surface area contributed by atoms with Crippen LogP contribution in [0.1, 0.15) is 36.4 Å². The van der Waals surface area contributed by atoms with E-state index >= 15 is 0 Å². The van der Waals surface area contributed by atoms with Gasteiger partial charge in [0.25, 0.3) is 0 Å². The Labute approximate surface area is 176 Å². The lowest BCUT2D eigenvalue weighted by Crippen LogP contribution is -2.34. The van der Waals surface area contributed by atoms with Crippen LogP contribution in [-0.4, -0.2) is 29.9 Å². The first-order valence-corrected chi connectivity index (χ1v) is 11.6. The standard InChI is InChI=1S/C21H24N6O2S/c22-30(28,29)14-16-7-6-10-18(13-16)25-20-23-15-24-21(26-20)27-12-5-4-11-19(27)17-8-2-1-3-9-17/h1-3,6-10,13,15,19H,4-5,11-12,14H2,(H2,22,28,29)(H,23,24,25,26)/t19-/m1/s1. The fraction of sp³-hybridized carbons (Fsp3) is 0.286. The Morgan fingerprint density at radius 3 is 2.70 bits per heavy atom. The summed E-state index contributed by atoms with van der Waals surface area (Å²) in [6.45, 7) is 0.882. The van der Waals surface area contributed by atoms with Crippen molar-refractivity contribution in [3.63, 3.8) is 0 Å². The Morgan fingerprint density at radius 1 is 1.07 bits per heavy atom. The van der Waals surface area contributed by atoms with Crippen molar-refractivity contribution >= 4 is 27.6 Å². The molecule has 2 heterocycles. The monoisotopic (exact) mass is 424 g/mol. The largest absolute Gasteiger partial charge is 0.334 e. The molecule has 3 N–H and O–H groups in total. The molecule has 0 unspecified atom stereocenters. The molecular formula is C21H24N6O2S. The molecule has 0 amide bonds. The lowest BCUT2D eigenvalue weighted by Gasteiger charge is -2.36. The second-order valence-corrected chi connectivity index (χ2v) is 8.97. The van der Waals surface area contributed by atoms with Gasteiger partial charge < -0.3 is 10.2 Å². The summed E-state index contributed by atoms with van der Waals surface area (Å²) in [6, 6.07) is 17.7. The van der Waals surface area contributed by atoms with Crippen LogP contribution in [0.4, 0.5) is 17.6 Å². The zero-order valence-corrected chi connectivity index (χ0v) is 17.3. The van der Waals surface area contributed by atoms with E-state index in [4.69, 9.17) is 5.14 Å². The van der Waals surface area contributed by atoms with Crippen molar-refractivity contribution in [3.8, 4) is 0 Å². The fourth-order valence-electron chi connectivity index (χ4n) is 3.78. The maximum atomic E-state index is 11.4. The molecule has 1 fully saturated rings. The number of rotatable bonds is 6. The fourth-order valence-corrected chi connectivity index (χ4v) is 4.42. The summed E-state index contributed by atoms with van der Waals surface area (Å²) in [5.41, 5.74) is 2.53. The molecule has 0 spiro atoms. The number of benzene rings is 2. The molecule has 1 aliphatic heterocycles. The molecule has 4 rings (SSSR count). The lowest BCUT2D eigenvalue weighted by molar-refractivity contribution is 0.465. The highest BCUT2D eigenvalue weighted by Crippen LogP contribution is 2.33. The van der Waals surface area contributed by atoms with Crippen LogP contribution in [0.15, 0.2) is 60.9 Å². The summed E-state index contributed by atoms with van der Waals surface area (Å²) in [7, 11) is -3.60. The van der Waals surface area contributed by atoms with Gasteiger partial charge in [0.1, 0.15) is 6.33 Å². The van der Waals surface area contributed by atoms with Crippen molar-refractivity contribution in [2.24, 2.45) is 5.14 Å². The number of nitrogens with two attached hydrogens (primary N) is 1. The smallest absolute Gasteiger partial charge is 0.231 e. The Bertz CT molecular complexity index is 1110. The second kappa shape index (κ2) is 8.76. The van der Waals surface area contributed by atoms with E-state index in [0.717, 1.165) is 19.4 Å². The molecule has 8 nitrogen and oxygen atoms in total. The molecule has 1 aliphatic rings. The highest BCUT2D eigenvalue weighted by Gasteiger charge is 2.26. The number of nitrogens with zero attached hydrogens (tertiary/aromatic N) is 4. The molecule has 0 bridgehead atoms. The van der Waals surface area contributed by atoms with Crippen molar-refractivity contribution in [1.29, 1.82) is 0 Å². The van der Waals surface area contributed by atoms with Crippen LogP contribution >= 0.6 is 0 Å². The Balaban J connectivity index is 1.56. The van der Waals surface area contributed by atoms with E-state index in [1.54, 1.807) is 18.2 Å². The molecule has 0 saturated carbocycles. The summed E-state index contributed by atoms with van der Waals surface area (Å²) in [6.07, 6.45) is 4.81. The zero-order chi connectivity index (χ0) is 21.0. The predicted octanol–water partition coefficient (Wildman–Crippen LogP) is 3.14. The van der Waals surface area contributed by atoms with Crippen LogP contribution in [0.3, 0.4) is 0 Å². The first-order chi connectivity index (χ1) is 14.5. The Morgan fingerprint density at radius 2 is 1.90 bits per heavy atom. The molecule has 30 heavy (non-hydrogen) atoms. The van der Waals surface area contributed by atoms with Gasteiger partial charge in [0, 0.05) is 12.2 Å². The average molecular weight is 425 g/mol. The molecule has 1 atom stereocenters. The second-order valence-electron chi connectivity index (χ2n) is 7.36. The van der Waals surface area contributed by atoms with E-state index in [-0.39, 0.29) is 11.8 Å². The van der Waals surface area contributed by atoms with E-state index in [9.17, 15) is 8.42 Å². The Hall–Kier alpha value is -3.04. The van der Waals surface area contributed by atoms with Crippen LogP contribution in [0.2, 0.25) is 0 Å². The molecule has 0 aliphatic carbocycles. The summed E-state index contributed by atoms with van der Waals surface area (Å²) >= 11 is 0. The SMILES string of the molecule is NS(=O)(=O)Cc1cccc(Nc2ncnc(N3CCCC[C@@H]3c3ccccc3)n2)c1. The van der Waals surface area contributed by atoms with E-state index < -0.39 is 10.0 Å². The van der Waals surface area contributed by atoms with Crippen LogP contribution in [-0.2, 0) is 15.8 Å². The van der Waals surface area contributed by atoms with Crippen molar-refractivity contribution in [2.75, 3.05) is 16.8 Å². The molecule has 156 valence electrons. The van der Waals surface area contributed by atoms with Gasteiger partial charge in [-0.15, -0.1) is 0 Å². The summed E-state index contributed by atoms with van der Waals surface area (Å²) in [4.78, 5) is 15.5. The number of nitrogens with one attached hydrogen (secondary N) is 1. The van der Waals surface area contributed by atoms with Crippen molar-refractivity contribution < 1.29 is 8.42 Å². The molecule has 1 saturated heterocycles. The van der Waals surface area contributed by atoms with Crippen LogP contribution in [0.25, 0.3) is 0 Å². The van der Waals surface area contributed by atoms with Crippen molar-refractivity contribution in [2.45, 2.75) is 31.1 Å². The number of sulfonamides is 1. The summed E-state index contributed by atoms with van der Waals surface area (Å²) in [5.74, 6) is 0.809. The van der Waals surface area contributed by atoms with E-state index in [1.165, 1.54) is 18.3 Å². The minimum absolute atomic E-state index is 0.225. The van der Waals surface area contributed by atoms with E-state index in [2.05, 4.69) is 49.4 Å². The zero-order valence-electron chi connectivity index (χ0n) is 16.5. The first-order valence-electron chi connectivity index (χ1n) is 9.85. The summed E-state index contributed by atoms with van der Waals surface area (Å²) < 4.78 is 22.7. The summed E-state index contributed by atoms with van der Waals surface area (Å²) in [5, 5.41) is 8.29. The topological polar surface area (TPSA) is 114 Å². The maximum absolute atomic E-state index is 11.4. The van der Waals surface area contributed by atoms with Crippen molar-refractivity contribution in [1.82, 2.24) is 15.0 Å². The molecule has 2 aromatic carbocycles. The third-order valence-corrected chi connectivity index (χ3v) is 5.79. The maximum Gasteiger partial charge on any atom is 0.231 e. The van der Waals surface area contributed by atoms with Gasteiger partial charge in [-0.05, 0) is 42.5 Å². The van der Waals surface area contributed by atoms with Gasteiger partial charge >= 0.3 is 0 Å². The molecule has 1 aromatic heterocycles. The average Bonchev–Trinajstić information content (AvgIpc) is 2.74. The predicted molar refractivity (Wildman–Crippen MR) is 117 cm³/mol. The van der Waals surface area contributed by atoms with Gasteiger partial charge in [0.05, 0.1) is 11.8 Å². The lowest BCUT2D eigenvalue weighted by atomic mass is 9.96. The minimum atomic E-state index is -3.60. The van der Waals surface area contributed by atoms with Crippen LogP contribution in [0, 0.1) is 0 Å². The first kappa shape index (κ1) is 20.2. The van der Waals surface area contributed by atoms with Crippen LogP contribution in [0.5, 0.6) is 0 Å². The van der Waals surface area contributed by atoms with Gasteiger partial charge in [-0.25, -0.2) is 23.5 Å². The highest BCUT2D eigenvalue weighted by molar-refractivity contribution is 7.88. The third-order valence-electron chi connectivity index (χ3n) is 5.05. The van der Waals surface area contributed by atoms with Gasteiger partial charge in [0.2, 0.25) is 21.9 Å². The van der Waals surface area contributed by atoms with Gasteiger partial charge in [-0.1, -0.05) is 42.5 Å². The number of aromatic nitrogens is 3. The number of hydrogen-bond donors (Lipinski definition) is 2. The molecular weight excluding hydrogens is 400 g/mol. The number of hydrogen-bond acceptors (Lipinski definition) is 7. The molecule has 0 radical (unpaired) electrons. The van der Waals surface area contributed by atoms with Gasteiger partial charge in [-0.3, -0.25) is 0 Å². The van der Waals surface area contributed by atoms with Gasteiger partial charge in [-0.2, -0.15) is 4.98 Å². The third kappa shape index (κ3) is 5.11. The van der Waals surface area contributed by atoms with E-state index in [0.29, 0.717) is 23.1 Å². The van der Waals surface area contributed by atoms with Crippen molar-refractivity contribution in [3.05, 3.63) is 72.1 Å². The molecule has 3 aromatic rings. The van der Waals surface area contributed by atoms with E-state index in [1.807, 2.05) is 12.1 Å². The normalized spacial score (nSPS) is 17.0. The number of piperidine rings is 1. The van der Waals surface area contributed by atoms with Crippen LogP contribution < -0.4 is 15.4 Å². The Kier molecular flexibility index (Phi) is 5.91. The highest BCUT2D eigenvalue weighted by atomic mass is 32.2. The molecule has 9 heteroatoms. The number of anilines is 3. The minimum Gasteiger partial charge on any atom is -0.334 e. The number of primary sulfonamides is 1. The van der Waals surface area contributed by atoms with Gasteiger partial charge in [0.15, 0.2) is 0 Å².